The predicted octanol–water partition coefficient (Wildman–Crippen LogP) is 2.36. The predicted molar refractivity (Wildman–Crippen MR) is 106 cm³/mol. The average Bonchev–Trinajstić information content (AvgIpc) is 3.18. The van der Waals surface area contributed by atoms with Crippen LogP contribution >= 0.6 is 0 Å². The minimum Gasteiger partial charge on any atom is -0.488 e. The van der Waals surface area contributed by atoms with E-state index in [2.05, 4.69) is 11.2 Å². The maximum atomic E-state index is 11.9. The number of nitrogens with two attached hydrogens (primary N) is 1. The van der Waals surface area contributed by atoms with Gasteiger partial charge in [-0.2, -0.15) is 0 Å². The Morgan fingerprint density at radius 3 is 2.68 bits per heavy atom. The molecule has 1 heterocycles. The number of benzene rings is 2. The van der Waals surface area contributed by atoms with E-state index in [0.717, 1.165) is 6.42 Å². The second kappa shape index (κ2) is 8.46. The summed E-state index contributed by atoms with van der Waals surface area (Å²) in [7, 11) is 0. The largest absolute Gasteiger partial charge is 0.488 e. The van der Waals surface area contributed by atoms with Crippen LogP contribution in [0, 0.1) is 17.8 Å². The fourth-order valence-electron chi connectivity index (χ4n) is 2.94. The number of anilines is 1. The molecule has 1 aliphatic heterocycles. The van der Waals surface area contributed by atoms with Crippen LogP contribution in [0.3, 0.4) is 0 Å². The van der Waals surface area contributed by atoms with Gasteiger partial charge in [0.15, 0.2) is 6.04 Å². The molecule has 5 N–H and O–H groups in total. The molecule has 0 saturated carbocycles. The second-order valence-corrected chi connectivity index (χ2v) is 6.45. The monoisotopic (exact) mass is 379 g/mol. The van der Waals surface area contributed by atoms with Gasteiger partial charge in [0, 0.05) is 23.2 Å². The molecule has 0 radical (unpaired) electrons. The minimum absolute atomic E-state index is 0.0549. The molecule has 0 bridgehead atoms. The van der Waals surface area contributed by atoms with Crippen LogP contribution in [0.15, 0.2) is 42.5 Å². The molecular weight excluding hydrogens is 358 g/mol. The molecular formula is C21H21N3O4. The third kappa shape index (κ3) is 4.61. The molecule has 0 aromatic heterocycles. The lowest BCUT2D eigenvalue weighted by molar-refractivity contribution is -0.138. The van der Waals surface area contributed by atoms with Crippen LogP contribution in [-0.4, -0.2) is 36.2 Å². The average molecular weight is 379 g/mol. The van der Waals surface area contributed by atoms with Crippen LogP contribution in [0.25, 0.3) is 0 Å². The number of nitrogens with one attached hydrogen (secondary N) is 2. The summed E-state index contributed by atoms with van der Waals surface area (Å²) < 4.78 is 11.2. The number of ether oxygens (including phenoxy) is 2. The molecule has 0 spiro atoms. The van der Waals surface area contributed by atoms with Crippen LogP contribution in [0.4, 0.5) is 5.69 Å². The number of carbonyl (C=O) groups is 1. The van der Waals surface area contributed by atoms with Crippen LogP contribution in [0.1, 0.15) is 29.2 Å². The van der Waals surface area contributed by atoms with E-state index in [9.17, 15) is 9.90 Å². The van der Waals surface area contributed by atoms with Gasteiger partial charge in [0.25, 0.3) is 0 Å². The molecule has 1 saturated heterocycles. The van der Waals surface area contributed by atoms with Gasteiger partial charge in [-0.3, -0.25) is 5.41 Å². The molecule has 1 aliphatic rings. The van der Waals surface area contributed by atoms with Gasteiger partial charge < -0.3 is 25.6 Å². The zero-order valence-corrected chi connectivity index (χ0v) is 15.1. The van der Waals surface area contributed by atoms with E-state index < -0.39 is 12.0 Å². The Balaban J connectivity index is 1.86. The highest BCUT2D eigenvalue weighted by atomic mass is 16.5. The maximum absolute atomic E-state index is 11.9. The molecule has 2 aromatic rings. The van der Waals surface area contributed by atoms with Crippen LogP contribution in [0.5, 0.6) is 5.75 Å². The van der Waals surface area contributed by atoms with Crippen molar-refractivity contribution in [3.63, 3.8) is 0 Å². The maximum Gasteiger partial charge on any atom is 0.330 e. The van der Waals surface area contributed by atoms with Gasteiger partial charge in [-0.15, -0.1) is 6.42 Å². The third-order valence-electron chi connectivity index (χ3n) is 4.37. The number of amidine groups is 1. The van der Waals surface area contributed by atoms with Crippen molar-refractivity contribution in [3.8, 4) is 18.1 Å². The molecule has 0 aliphatic carbocycles. The van der Waals surface area contributed by atoms with Crippen molar-refractivity contribution >= 4 is 17.5 Å². The normalized spacial score (nSPS) is 16.8. The smallest absolute Gasteiger partial charge is 0.330 e. The standard InChI is InChI=1S/C21H21N3O4/c1-2-13-9-15(11-18(10-13)28-17-7-8-27-12-17)19(21(25)26)24-16-5-3-14(4-6-16)20(22)23/h1,3-6,9-11,17,19,24H,7-8,12H2,(H3,22,23)(H,25,26)/t17-,19?/m0/s1. The van der Waals surface area contributed by atoms with Crippen molar-refractivity contribution in [1.82, 2.24) is 0 Å². The number of terminal acetylenes is 1. The number of rotatable bonds is 7. The summed E-state index contributed by atoms with van der Waals surface area (Å²) in [6.07, 6.45) is 6.24. The first-order chi connectivity index (χ1) is 13.5. The highest BCUT2D eigenvalue weighted by Crippen LogP contribution is 2.27. The highest BCUT2D eigenvalue weighted by molar-refractivity contribution is 5.95. The molecule has 1 fully saturated rings. The lowest BCUT2D eigenvalue weighted by atomic mass is 10.0. The number of hydrogen-bond acceptors (Lipinski definition) is 5. The Kier molecular flexibility index (Phi) is 5.82. The molecule has 28 heavy (non-hydrogen) atoms. The Morgan fingerprint density at radius 2 is 2.11 bits per heavy atom. The fraction of sp³-hybridized carbons (Fsp3) is 0.238. The van der Waals surface area contributed by atoms with Crippen molar-refractivity contribution < 1.29 is 19.4 Å². The first kappa shape index (κ1) is 19.3. The summed E-state index contributed by atoms with van der Waals surface area (Å²) in [5.74, 6) is 1.95. The van der Waals surface area contributed by atoms with Crippen molar-refractivity contribution in [1.29, 1.82) is 5.41 Å². The van der Waals surface area contributed by atoms with Crippen molar-refractivity contribution in [2.24, 2.45) is 5.73 Å². The summed E-state index contributed by atoms with van der Waals surface area (Å²) >= 11 is 0. The number of carboxylic acid groups (broad SMARTS) is 1. The van der Waals surface area contributed by atoms with Crippen LogP contribution < -0.4 is 15.8 Å². The van der Waals surface area contributed by atoms with E-state index in [4.69, 9.17) is 27.0 Å². The first-order valence-corrected chi connectivity index (χ1v) is 8.76. The van der Waals surface area contributed by atoms with Crippen molar-refractivity contribution in [2.75, 3.05) is 18.5 Å². The Morgan fingerprint density at radius 1 is 1.36 bits per heavy atom. The molecule has 2 aromatic carbocycles. The van der Waals surface area contributed by atoms with Crippen LogP contribution in [-0.2, 0) is 9.53 Å². The van der Waals surface area contributed by atoms with Gasteiger partial charge >= 0.3 is 5.97 Å². The van der Waals surface area contributed by atoms with Gasteiger partial charge in [0.2, 0.25) is 0 Å². The summed E-state index contributed by atoms with van der Waals surface area (Å²) in [5, 5.41) is 20.1. The molecule has 0 amide bonds. The molecule has 7 heteroatoms. The Hall–Kier alpha value is -3.50. The SMILES string of the molecule is C#Cc1cc(O[C@H]2CCOC2)cc(C(Nc2ccc(C(=N)N)cc2)C(=O)O)c1. The topological polar surface area (TPSA) is 118 Å². The third-order valence-corrected chi connectivity index (χ3v) is 4.37. The number of aliphatic carboxylic acids is 1. The van der Waals surface area contributed by atoms with Gasteiger partial charge in [0.05, 0.1) is 13.2 Å². The summed E-state index contributed by atoms with van der Waals surface area (Å²) in [6.45, 7) is 1.14. The molecule has 144 valence electrons. The van der Waals surface area contributed by atoms with Crippen molar-refractivity contribution in [2.45, 2.75) is 18.6 Å². The van der Waals surface area contributed by atoms with Crippen molar-refractivity contribution in [3.05, 3.63) is 59.2 Å². The first-order valence-electron chi connectivity index (χ1n) is 8.76. The Labute approximate surface area is 163 Å². The van der Waals surface area contributed by atoms with Gasteiger partial charge in [0.1, 0.15) is 17.7 Å². The second-order valence-electron chi connectivity index (χ2n) is 6.45. The fourth-order valence-corrected chi connectivity index (χ4v) is 2.94. The minimum atomic E-state index is -1.06. The quantitative estimate of drug-likeness (QED) is 0.333. The van der Waals surface area contributed by atoms with E-state index in [1.807, 2.05) is 0 Å². The van der Waals surface area contributed by atoms with E-state index in [0.29, 0.717) is 41.3 Å². The van der Waals surface area contributed by atoms with E-state index in [1.165, 1.54) is 0 Å². The van der Waals surface area contributed by atoms with E-state index >= 15 is 0 Å². The van der Waals surface area contributed by atoms with Crippen LogP contribution in [0.2, 0.25) is 0 Å². The molecule has 3 rings (SSSR count). The Bertz CT molecular complexity index is 912. The highest BCUT2D eigenvalue weighted by Gasteiger charge is 2.23. The van der Waals surface area contributed by atoms with Gasteiger partial charge in [-0.05, 0) is 48.0 Å². The summed E-state index contributed by atoms with van der Waals surface area (Å²) in [4.78, 5) is 11.9. The zero-order chi connectivity index (χ0) is 20.1. The lowest BCUT2D eigenvalue weighted by Crippen LogP contribution is -2.21. The zero-order valence-electron chi connectivity index (χ0n) is 15.1. The molecule has 2 atom stereocenters. The number of hydrogen-bond donors (Lipinski definition) is 4. The number of carboxylic acids is 1. The van der Waals surface area contributed by atoms with Gasteiger partial charge in [-0.1, -0.05) is 5.92 Å². The van der Waals surface area contributed by atoms with E-state index in [-0.39, 0.29) is 11.9 Å². The van der Waals surface area contributed by atoms with E-state index in [1.54, 1.807) is 42.5 Å². The molecule has 1 unspecified atom stereocenters. The van der Waals surface area contributed by atoms with Gasteiger partial charge in [-0.25, -0.2) is 4.79 Å². The summed E-state index contributed by atoms with van der Waals surface area (Å²) in [5.41, 5.74) is 7.60. The summed E-state index contributed by atoms with van der Waals surface area (Å²) in [6, 6.07) is 10.6. The lowest BCUT2D eigenvalue weighted by Gasteiger charge is -2.19. The molecule has 7 nitrogen and oxygen atoms in total. The number of nitrogen functional groups attached to an aromatic ring is 1.